The van der Waals surface area contributed by atoms with E-state index in [9.17, 15) is 4.79 Å². The number of aromatic nitrogens is 1. The predicted molar refractivity (Wildman–Crippen MR) is 49.7 cm³/mol. The van der Waals surface area contributed by atoms with Gasteiger partial charge in [-0.15, -0.1) is 0 Å². The summed E-state index contributed by atoms with van der Waals surface area (Å²) in [5.74, 6) is 0. The molecule has 12 heavy (non-hydrogen) atoms. The first-order valence-electron chi connectivity index (χ1n) is 4.06. The average molecular weight is 187 g/mol. The minimum Gasteiger partial charge on any atom is -0.382 e. The highest BCUT2D eigenvalue weighted by molar-refractivity contribution is 7.07. The van der Waals surface area contributed by atoms with Crippen LogP contribution in [-0.4, -0.2) is 17.8 Å². The molecule has 0 fully saturated rings. The molecule has 1 aromatic rings. The molecular formula is C8H13NO2S. The number of hydrogen-bond donors (Lipinski definition) is 0. The van der Waals surface area contributed by atoms with Crippen LogP contribution in [0.4, 0.5) is 0 Å². The van der Waals surface area contributed by atoms with E-state index in [-0.39, 0.29) is 4.87 Å². The van der Waals surface area contributed by atoms with E-state index in [1.165, 1.54) is 11.3 Å². The molecule has 1 rings (SSSR count). The van der Waals surface area contributed by atoms with Crippen molar-refractivity contribution >= 4 is 11.3 Å². The molecule has 0 saturated carbocycles. The number of rotatable bonds is 5. The molecule has 0 radical (unpaired) electrons. The van der Waals surface area contributed by atoms with Gasteiger partial charge in [-0.2, -0.15) is 0 Å². The second-order valence-corrected chi connectivity index (χ2v) is 3.27. The van der Waals surface area contributed by atoms with Gasteiger partial charge in [-0.1, -0.05) is 11.3 Å². The fraction of sp³-hybridized carbons (Fsp3) is 0.625. The Morgan fingerprint density at radius 3 is 3.08 bits per heavy atom. The van der Waals surface area contributed by atoms with Crippen LogP contribution in [0.2, 0.25) is 0 Å². The van der Waals surface area contributed by atoms with E-state index in [0.29, 0.717) is 0 Å². The Bertz CT molecular complexity index is 266. The molecule has 1 heterocycles. The van der Waals surface area contributed by atoms with E-state index in [2.05, 4.69) is 0 Å². The van der Waals surface area contributed by atoms with Crippen molar-refractivity contribution in [2.24, 2.45) is 0 Å². The molecule has 0 aliphatic heterocycles. The van der Waals surface area contributed by atoms with Crippen LogP contribution in [0.3, 0.4) is 0 Å². The van der Waals surface area contributed by atoms with E-state index < -0.39 is 0 Å². The summed E-state index contributed by atoms with van der Waals surface area (Å²) in [5.41, 5.74) is 0. The number of nitrogens with zero attached hydrogens (tertiary/aromatic N) is 1. The Balaban J connectivity index is 2.24. The molecule has 0 aliphatic rings. The second-order valence-electron chi connectivity index (χ2n) is 2.41. The standard InChI is InChI=1S/C8H13NO2S/c1-2-11-6-3-4-9-5-7-12-8(9)10/h5,7H,2-4,6H2,1H3. The van der Waals surface area contributed by atoms with Crippen molar-refractivity contribution in [3.05, 3.63) is 21.2 Å². The molecule has 1 aromatic heterocycles. The van der Waals surface area contributed by atoms with Crippen molar-refractivity contribution in [2.45, 2.75) is 19.9 Å². The van der Waals surface area contributed by atoms with Gasteiger partial charge in [-0.3, -0.25) is 4.79 Å². The topological polar surface area (TPSA) is 31.2 Å². The third-order valence-electron chi connectivity index (χ3n) is 1.54. The van der Waals surface area contributed by atoms with Crippen molar-refractivity contribution in [1.82, 2.24) is 4.57 Å². The molecule has 0 aromatic carbocycles. The zero-order valence-corrected chi connectivity index (χ0v) is 7.97. The average Bonchev–Trinajstić information content (AvgIpc) is 2.46. The van der Waals surface area contributed by atoms with Gasteiger partial charge in [0.25, 0.3) is 0 Å². The first-order chi connectivity index (χ1) is 5.84. The van der Waals surface area contributed by atoms with Crippen LogP contribution in [0.25, 0.3) is 0 Å². The van der Waals surface area contributed by atoms with Crippen LogP contribution in [0.15, 0.2) is 16.4 Å². The Hall–Kier alpha value is -0.610. The molecule has 4 heteroatoms. The quantitative estimate of drug-likeness (QED) is 0.651. The van der Waals surface area contributed by atoms with Gasteiger partial charge >= 0.3 is 4.87 Å². The smallest absolute Gasteiger partial charge is 0.307 e. The summed E-state index contributed by atoms with van der Waals surface area (Å²) in [7, 11) is 0. The molecule has 0 bridgehead atoms. The minimum absolute atomic E-state index is 0.117. The van der Waals surface area contributed by atoms with Gasteiger partial charge < -0.3 is 9.30 Å². The van der Waals surface area contributed by atoms with Crippen molar-refractivity contribution in [2.75, 3.05) is 13.2 Å². The van der Waals surface area contributed by atoms with Gasteiger partial charge in [0.05, 0.1) is 0 Å². The second kappa shape index (κ2) is 5.11. The maximum Gasteiger partial charge on any atom is 0.307 e. The molecule has 0 N–H and O–H groups in total. The molecule has 68 valence electrons. The highest BCUT2D eigenvalue weighted by Crippen LogP contribution is 1.92. The zero-order valence-electron chi connectivity index (χ0n) is 7.16. The molecule has 0 amide bonds. The maximum absolute atomic E-state index is 11.0. The monoisotopic (exact) mass is 187 g/mol. The highest BCUT2D eigenvalue weighted by atomic mass is 32.1. The van der Waals surface area contributed by atoms with Crippen molar-refractivity contribution in [3.63, 3.8) is 0 Å². The van der Waals surface area contributed by atoms with Crippen molar-refractivity contribution in [1.29, 1.82) is 0 Å². The predicted octanol–water partition coefficient (Wildman–Crippen LogP) is 1.34. The Labute approximate surface area is 75.6 Å². The number of ether oxygens (including phenoxy) is 1. The summed E-state index contributed by atoms with van der Waals surface area (Å²) >= 11 is 1.23. The van der Waals surface area contributed by atoms with E-state index in [0.717, 1.165) is 26.2 Å². The summed E-state index contributed by atoms with van der Waals surface area (Å²) in [5, 5.41) is 1.81. The van der Waals surface area contributed by atoms with E-state index in [1.54, 1.807) is 4.57 Å². The van der Waals surface area contributed by atoms with Crippen LogP contribution in [0, 0.1) is 0 Å². The first-order valence-corrected chi connectivity index (χ1v) is 4.94. The summed E-state index contributed by atoms with van der Waals surface area (Å²) in [6, 6.07) is 0. The molecule has 0 unspecified atom stereocenters. The number of aryl methyl sites for hydroxylation is 1. The van der Waals surface area contributed by atoms with E-state index >= 15 is 0 Å². The lowest BCUT2D eigenvalue weighted by Gasteiger charge is -2.00. The molecule has 0 aliphatic carbocycles. The van der Waals surface area contributed by atoms with E-state index in [1.807, 2.05) is 18.5 Å². The van der Waals surface area contributed by atoms with Gasteiger partial charge in [0.15, 0.2) is 0 Å². The fourth-order valence-electron chi connectivity index (χ4n) is 0.938. The normalized spacial score (nSPS) is 10.4. The van der Waals surface area contributed by atoms with Gasteiger partial charge in [-0.25, -0.2) is 0 Å². The zero-order chi connectivity index (χ0) is 8.81. The van der Waals surface area contributed by atoms with Crippen LogP contribution >= 0.6 is 11.3 Å². The maximum atomic E-state index is 11.0. The van der Waals surface area contributed by atoms with Gasteiger partial charge in [0.2, 0.25) is 0 Å². The summed E-state index contributed by atoms with van der Waals surface area (Å²) in [6.45, 7) is 4.22. The highest BCUT2D eigenvalue weighted by Gasteiger charge is 1.94. The lowest BCUT2D eigenvalue weighted by atomic mass is 10.4. The van der Waals surface area contributed by atoms with Crippen molar-refractivity contribution < 1.29 is 4.74 Å². The lowest BCUT2D eigenvalue weighted by molar-refractivity contribution is 0.141. The third-order valence-corrected chi connectivity index (χ3v) is 2.23. The van der Waals surface area contributed by atoms with Gasteiger partial charge in [0, 0.05) is 31.3 Å². The summed E-state index contributed by atoms with van der Waals surface area (Å²) in [4.78, 5) is 11.1. The SMILES string of the molecule is CCOCCCn1ccsc1=O. The summed E-state index contributed by atoms with van der Waals surface area (Å²) < 4.78 is 6.87. The van der Waals surface area contributed by atoms with Crippen LogP contribution < -0.4 is 4.87 Å². The molecular weight excluding hydrogens is 174 g/mol. The Kier molecular flexibility index (Phi) is 4.04. The fourth-order valence-corrected chi connectivity index (χ4v) is 1.55. The number of thiazole rings is 1. The van der Waals surface area contributed by atoms with Gasteiger partial charge in [0.1, 0.15) is 0 Å². The first kappa shape index (κ1) is 9.48. The number of hydrogen-bond acceptors (Lipinski definition) is 3. The molecule has 3 nitrogen and oxygen atoms in total. The summed E-state index contributed by atoms with van der Waals surface area (Å²) in [6.07, 6.45) is 2.73. The Morgan fingerprint density at radius 1 is 1.67 bits per heavy atom. The van der Waals surface area contributed by atoms with Crippen molar-refractivity contribution in [3.8, 4) is 0 Å². The molecule has 0 spiro atoms. The third kappa shape index (κ3) is 2.79. The minimum atomic E-state index is 0.117. The van der Waals surface area contributed by atoms with Crippen LogP contribution in [0.1, 0.15) is 13.3 Å². The van der Waals surface area contributed by atoms with Crippen LogP contribution in [0.5, 0.6) is 0 Å². The lowest BCUT2D eigenvalue weighted by Crippen LogP contribution is -2.13. The largest absolute Gasteiger partial charge is 0.382 e. The molecule has 0 atom stereocenters. The molecule has 0 saturated heterocycles. The van der Waals surface area contributed by atoms with Crippen LogP contribution in [-0.2, 0) is 11.3 Å². The van der Waals surface area contributed by atoms with Gasteiger partial charge in [-0.05, 0) is 13.3 Å². The Morgan fingerprint density at radius 2 is 2.50 bits per heavy atom. The van der Waals surface area contributed by atoms with E-state index in [4.69, 9.17) is 4.74 Å².